The molecule has 1 amide bonds. The minimum Gasteiger partial charge on any atom is -0.449 e. The molecule has 0 aromatic heterocycles. The third-order valence-corrected chi connectivity index (χ3v) is 5.10. The fourth-order valence-corrected chi connectivity index (χ4v) is 3.38. The molecule has 156 valence electrons. The molecular formula is C25H16N2O5. The quantitative estimate of drug-likeness (QED) is 0.502. The summed E-state index contributed by atoms with van der Waals surface area (Å²) < 4.78 is 5.19. The van der Waals surface area contributed by atoms with Crippen molar-refractivity contribution in [2.45, 2.75) is 13.0 Å². The van der Waals surface area contributed by atoms with Crippen molar-refractivity contribution >= 4 is 29.1 Å². The normalized spacial score (nSPS) is 12.8. The number of carbonyl (C=O) groups excluding carboxylic acids is 4. The Balaban J connectivity index is 1.48. The lowest BCUT2D eigenvalue weighted by Gasteiger charge is -2.19. The molecule has 0 saturated carbocycles. The Morgan fingerprint density at radius 2 is 1.47 bits per heavy atom. The number of hydrogen-bond acceptors (Lipinski definition) is 6. The van der Waals surface area contributed by atoms with Crippen molar-refractivity contribution in [1.82, 2.24) is 0 Å². The standard InChI is InChI=1S/C25H16N2O5/c1-14(32-25(31)16-8-6-15(13-26)7-9-16)24(30)27-17-10-11-20-21(12-17)23(29)19-5-3-2-4-18(19)22(20)28/h2-12,14H,1H3,(H,27,30). The van der Waals surface area contributed by atoms with E-state index < -0.39 is 18.0 Å². The van der Waals surface area contributed by atoms with Crippen molar-refractivity contribution in [3.8, 4) is 6.07 Å². The average molecular weight is 424 g/mol. The molecule has 7 nitrogen and oxygen atoms in total. The molecular weight excluding hydrogens is 408 g/mol. The molecule has 0 heterocycles. The summed E-state index contributed by atoms with van der Waals surface area (Å²) in [5, 5.41) is 11.4. The first-order chi connectivity index (χ1) is 15.4. The monoisotopic (exact) mass is 424 g/mol. The van der Waals surface area contributed by atoms with Crippen LogP contribution in [0.3, 0.4) is 0 Å². The minimum atomic E-state index is -1.12. The molecule has 3 aromatic carbocycles. The molecule has 1 aliphatic carbocycles. The van der Waals surface area contributed by atoms with Crippen molar-refractivity contribution in [2.24, 2.45) is 0 Å². The van der Waals surface area contributed by atoms with Crippen LogP contribution in [-0.2, 0) is 9.53 Å². The van der Waals surface area contributed by atoms with Crippen LogP contribution in [-0.4, -0.2) is 29.5 Å². The number of carbonyl (C=O) groups is 4. The zero-order valence-corrected chi connectivity index (χ0v) is 16.9. The number of rotatable bonds is 4. The van der Waals surface area contributed by atoms with Crippen LogP contribution < -0.4 is 5.32 Å². The Labute approximate surface area is 183 Å². The Hall–Kier alpha value is -4.57. The van der Waals surface area contributed by atoms with Gasteiger partial charge in [-0.15, -0.1) is 0 Å². The summed E-state index contributed by atoms with van der Waals surface area (Å²) in [7, 11) is 0. The third-order valence-electron chi connectivity index (χ3n) is 5.10. The third kappa shape index (κ3) is 3.77. The smallest absolute Gasteiger partial charge is 0.338 e. The fourth-order valence-electron chi connectivity index (χ4n) is 3.38. The minimum absolute atomic E-state index is 0.203. The van der Waals surface area contributed by atoms with Crippen LogP contribution in [0.25, 0.3) is 0 Å². The Kier molecular flexibility index (Phi) is 5.36. The number of esters is 1. The number of nitrogens with one attached hydrogen (secondary N) is 1. The van der Waals surface area contributed by atoms with Gasteiger partial charge in [0, 0.05) is 27.9 Å². The van der Waals surface area contributed by atoms with E-state index in [1.54, 1.807) is 24.3 Å². The van der Waals surface area contributed by atoms with Gasteiger partial charge >= 0.3 is 5.97 Å². The summed E-state index contributed by atoms with van der Waals surface area (Å²) in [5.41, 5.74) is 2.05. The molecule has 0 bridgehead atoms. The maximum Gasteiger partial charge on any atom is 0.338 e. The van der Waals surface area contributed by atoms with Gasteiger partial charge < -0.3 is 10.1 Å². The zero-order valence-electron chi connectivity index (χ0n) is 16.9. The molecule has 7 heteroatoms. The first-order valence-corrected chi connectivity index (χ1v) is 9.73. The van der Waals surface area contributed by atoms with Crippen LogP contribution in [0.2, 0.25) is 0 Å². The molecule has 1 atom stereocenters. The van der Waals surface area contributed by atoms with Gasteiger partial charge in [0.25, 0.3) is 5.91 Å². The SMILES string of the molecule is CC(OC(=O)c1ccc(C#N)cc1)C(=O)Nc1ccc2c(c1)C(=O)c1ccccc1C2=O. The van der Waals surface area contributed by atoms with Gasteiger partial charge in [0.05, 0.1) is 17.2 Å². The van der Waals surface area contributed by atoms with E-state index in [4.69, 9.17) is 10.00 Å². The molecule has 4 rings (SSSR count). The molecule has 1 aliphatic rings. The summed E-state index contributed by atoms with van der Waals surface area (Å²) in [6.07, 6.45) is -1.12. The molecule has 0 radical (unpaired) electrons. The number of anilines is 1. The van der Waals surface area contributed by atoms with Gasteiger partial charge in [0.1, 0.15) is 0 Å². The molecule has 0 aliphatic heterocycles. The van der Waals surface area contributed by atoms with Crippen LogP contribution >= 0.6 is 0 Å². The molecule has 1 unspecified atom stereocenters. The maximum absolute atomic E-state index is 12.8. The van der Waals surface area contributed by atoms with Gasteiger partial charge in [-0.2, -0.15) is 5.26 Å². The Morgan fingerprint density at radius 1 is 0.875 bits per heavy atom. The number of nitriles is 1. The van der Waals surface area contributed by atoms with Crippen LogP contribution in [0, 0.1) is 11.3 Å². The van der Waals surface area contributed by atoms with E-state index >= 15 is 0 Å². The van der Waals surface area contributed by atoms with Crippen molar-refractivity contribution in [3.63, 3.8) is 0 Å². The lowest BCUT2D eigenvalue weighted by molar-refractivity contribution is -0.123. The Morgan fingerprint density at radius 3 is 2.09 bits per heavy atom. The number of ketones is 2. The van der Waals surface area contributed by atoms with E-state index in [1.807, 2.05) is 6.07 Å². The highest BCUT2D eigenvalue weighted by Gasteiger charge is 2.29. The van der Waals surface area contributed by atoms with Gasteiger partial charge in [-0.05, 0) is 49.4 Å². The van der Waals surface area contributed by atoms with Crippen LogP contribution in [0.1, 0.15) is 54.7 Å². The molecule has 0 saturated heterocycles. The fraction of sp³-hybridized carbons (Fsp3) is 0.0800. The second-order valence-electron chi connectivity index (χ2n) is 7.19. The first-order valence-electron chi connectivity index (χ1n) is 9.73. The van der Waals surface area contributed by atoms with Crippen molar-refractivity contribution in [2.75, 3.05) is 5.32 Å². The number of benzene rings is 3. The Bertz CT molecular complexity index is 1320. The van der Waals surface area contributed by atoms with E-state index in [-0.39, 0.29) is 28.3 Å². The van der Waals surface area contributed by atoms with E-state index in [0.717, 1.165) is 0 Å². The van der Waals surface area contributed by atoms with E-state index in [1.165, 1.54) is 49.4 Å². The van der Waals surface area contributed by atoms with Crippen molar-refractivity contribution < 1.29 is 23.9 Å². The molecule has 0 fully saturated rings. The van der Waals surface area contributed by atoms with Gasteiger partial charge in [-0.1, -0.05) is 24.3 Å². The first kappa shape index (κ1) is 20.7. The van der Waals surface area contributed by atoms with Gasteiger partial charge in [-0.25, -0.2) is 4.79 Å². The van der Waals surface area contributed by atoms with Crippen molar-refractivity contribution in [1.29, 1.82) is 5.26 Å². The summed E-state index contributed by atoms with van der Waals surface area (Å²) >= 11 is 0. The number of ether oxygens (including phenoxy) is 1. The predicted molar refractivity (Wildman–Crippen MR) is 114 cm³/mol. The molecule has 32 heavy (non-hydrogen) atoms. The van der Waals surface area contributed by atoms with Gasteiger partial charge in [-0.3, -0.25) is 14.4 Å². The average Bonchev–Trinajstić information content (AvgIpc) is 2.82. The highest BCUT2D eigenvalue weighted by Crippen LogP contribution is 2.29. The van der Waals surface area contributed by atoms with Gasteiger partial charge in [0.2, 0.25) is 0 Å². The predicted octanol–water partition coefficient (Wildman–Crippen LogP) is 3.52. The van der Waals surface area contributed by atoms with Crippen LogP contribution in [0.5, 0.6) is 0 Å². The number of fused-ring (bicyclic) bond motifs is 2. The summed E-state index contributed by atoms with van der Waals surface area (Å²) in [4.78, 5) is 50.2. The maximum atomic E-state index is 12.8. The number of amides is 1. The zero-order chi connectivity index (χ0) is 22.8. The van der Waals surface area contributed by atoms with E-state index in [0.29, 0.717) is 22.4 Å². The second-order valence-corrected chi connectivity index (χ2v) is 7.19. The summed E-state index contributed by atoms with van der Waals surface area (Å²) in [5.74, 6) is -1.86. The van der Waals surface area contributed by atoms with Crippen LogP contribution in [0.15, 0.2) is 66.7 Å². The molecule has 3 aromatic rings. The summed E-state index contributed by atoms with van der Waals surface area (Å²) in [6, 6.07) is 18.8. The lowest BCUT2D eigenvalue weighted by atomic mass is 9.84. The second kappa shape index (κ2) is 8.28. The van der Waals surface area contributed by atoms with Crippen molar-refractivity contribution in [3.05, 3.63) is 100 Å². The molecule has 1 N–H and O–H groups in total. The lowest BCUT2D eigenvalue weighted by Crippen LogP contribution is -2.30. The largest absolute Gasteiger partial charge is 0.449 e. The van der Waals surface area contributed by atoms with Crippen LogP contribution in [0.4, 0.5) is 5.69 Å². The highest BCUT2D eigenvalue weighted by molar-refractivity contribution is 6.28. The van der Waals surface area contributed by atoms with E-state index in [9.17, 15) is 19.2 Å². The number of nitrogens with zero attached hydrogens (tertiary/aromatic N) is 1. The van der Waals surface area contributed by atoms with E-state index in [2.05, 4.69) is 5.32 Å². The molecule has 0 spiro atoms. The van der Waals surface area contributed by atoms with Gasteiger partial charge in [0.15, 0.2) is 17.7 Å². The topological polar surface area (TPSA) is 113 Å². The highest BCUT2D eigenvalue weighted by atomic mass is 16.5. The number of hydrogen-bond donors (Lipinski definition) is 1. The summed E-state index contributed by atoms with van der Waals surface area (Å²) in [6.45, 7) is 1.42.